The van der Waals surface area contributed by atoms with Gasteiger partial charge in [-0.25, -0.2) is 0 Å². The highest BCUT2D eigenvalue weighted by Crippen LogP contribution is 2.28. The smallest absolute Gasteiger partial charge is 0.287 e. The zero-order valence-electron chi connectivity index (χ0n) is 12.2. The van der Waals surface area contributed by atoms with Crippen LogP contribution in [0.15, 0.2) is 27.1 Å². The maximum atomic E-state index is 12.5. The number of fused-ring (bicyclic) bond motifs is 1. The number of rotatable bonds is 2. The lowest BCUT2D eigenvalue weighted by molar-refractivity contribution is 0.0888. The van der Waals surface area contributed by atoms with Gasteiger partial charge < -0.3 is 15.1 Å². The normalized spacial score (nSPS) is 22.4. The Kier molecular flexibility index (Phi) is 4.04. The molecule has 21 heavy (non-hydrogen) atoms. The molecule has 2 heterocycles. The molecule has 3 rings (SSSR count). The Labute approximate surface area is 132 Å². The summed E-state index contributed by atoms with van der Waals surface area (Å²) in [4.78, 5) is 12.5. The number of furan rings is 1. The second-order valence-corrected chi connectivity index (χ2v) is 6.66. The lowest BCUT2D eigenvalue weighted by Gasteiger charge is -2.29. The van der Waals surface area contributed by atoms with Gasteiger partial charge in [-0.2, -0.15) is 0 Å². The van der Waals surface area contributed by atoms with Crippen molar-refractivity contribution >= 4 is 32.8 Å². The summed E-state index contributed by atoms with van der Waals surface area (Å²) in [6, 6.07) is 5.94. The Hall–Kier alpha value is -1.33. The van der Waals surface area contributed by atoms with Crippen LogP contribution in [0.3, 0.4) is 0 Å². The molecule has 0 spiro atoms. The van der Waals surface area contributed by atoms with Gasteiger partial charge in [-0.3, -0.25) is 4.79 Å². The maximum absolute atomic E-state index is 12.5. The predicted molar refractivity (Wildman–Crippen MR) is 86.6 cm³/mol. The lowest BCUT2D eigenvalue weighted by Crippen LogP contribution is -2.50. The first-order valence-electron chi connectivity index (χ1n) is 7.26. The fourth-order valence-corrected chi connectivity index (χ4v) is 3.19. The van der Waals surface area contributed by atoms with E-state index in [1.54, 1.807) is 0 Å². The van der Waals surface area contributed by atoms with Gasteiger partial charge >= 0.3 is 0 Å². The number of carbonyl (C=O) groups excluding carboxylic acids is 1. The summed E-state index contributed by atoms with van der Waals surface area (Å²) in [5.41, 5.74) is 1.64. The number of aryl methyl sites for hydroxylation is 1. The highest BCUT2D eigenvalue weighted by Gasteiger charge is 2.25. The molecule has 0 radical (unpaired) electrons. The average molecular weight is 351 g/mol. The van der Waals surface area contributed by atoms with Gasteiger partial charge in [0.15, 0.2) is 5.76 Å². The van der Waals surface area contributed by atoms with E-state index >= 15 is 0 Å². The van der Waals surface area contributed by atoms with Gasteiger partial charge in [0.25, 0.3) is 5.91 Å². The van der Waals surface area contributed by atoms with Gasteiger partial charge in [-0.1, -0.05) is 22.9 Å². The number of amides is 1. The monoisotopic (exact) mass is 350 g/mol. The first kappa shape index (κ1) is 14.6. The summed E-state index contributed by atoms with van der Waals surface area (Å²) >= 11 is 3.45. The van der Waals surface area contributed by atoms with E-state index in [4.69, 9.17) is 4.42 Å². The van der Waals surface area contributed by atoms with Crippen molar-refractivity contribution in [2.24, 2.45) is 5.92 Å². The van der Waals surface area contributed by atoms with Crippen molar-refractivity contribution in [3.05, 3.63) is 34.0 Å². The molecular formula is C16H19BrN2O2. The van der Waals surface area contributed by atoms with Crippen molar-refractivity contribution in [3.8, 4) is 0 Å². The number of hydrogen-bond donors (Lipinski definition) is 2. The van der Waals surface area contributed by atoms with Crippen molar-refractivity contribution in [1.29, 1.82) is 0 Å². The van der Waals surface area contributed by atoms with Crippen LogP contribution in [0.1, 0.15) is 29.5 Å². The van der Waals surface area contributed by atoms with Crippen molar-refractivity contribution in [3.63, 3.8) is 0 Å². The number of hydrogen-bond acceptors (Lipinski definition) is 3. The van der Waals surface area contributed by atoms with E-state index in [0.717, 1.165) is 40.5 Å². The van der Waals surface area contributed by atoms with Gasteiger partial charge in [-0.05, 0) is 44.0 Å². The molecule has 1 fully saturated rings. The molecule has 1 amide bonds. The SMILES string of the molecule is Cc1c(C(=O)NC2CNCCC2C)oc2ccc(Br)cc12. The summed E-state index contributed by atoms with van der Waals surface area (Å²) < 4.78 is 6.72. The molecule has 1 aliphatic heterocycles. The Morgan fingerprint density at radius 2 is 2.29 bits per heavy atom. The van der Waals surface area contributed by atoms with Crippen LogP contribution in [0.25, 0.3) is 11.0 Å². The minimum absolute atomic E-state index is 0.125. The minimum Gasteiger partial charge on any atom is -0.451 e. The second-order valence-electron chi connectivity index (χ2n) is 5.75. The third-order valence-corrected chi connectivity index (χ3v) is 4.74. The van der Waals surface area contributed by atoms with Crippen LogP contribution in [-0.2, 0) is 0 Å². The van der Waals surface area contributed by atoms with Gasteiger partial charge in [0.1, 0.15) is 5.58 Å². The number of halogens is 1. The zero-order valence-corrected chi connectivity index (χ0v) is 13.8. The second kappa shape index (κ2) is 5.81. The van der Waals surface area contributed by atoms with Crippen molar-refractivity contribution < 1.29 is 9.21 Å². The van der Waals surface area contributed by atoms with Crippen LogP contribution in [0, 0.1) is 12.8 Å². The number of nitrogens with one attached hydrogen (secondary N) is 2. The molecule has 0 aliphatic carbocycles. The van der Waals surface area contributed by atoms with Crippen LogP contribution >= 0.6 is 15.9 Å². The third-order valence-electron chi connectivity index (χ3n) is 4.25. The van der Waals surface area contributed by atoms with Crippen LogP contribution in [-0.4, -0.2) is 25.0 Å². The Morgan fingerprint density at radius 3 is 3.05 bits per heavy atom. The minimum atomic E-state index is -0.125. The molecule has 1 aromatic carbocycles. The van der Waals surface area contributed by atoms with E-state index in [-0.39, 0.29) is 11.9 Å². The maximum Gasteiger partial charge on any atom is 0.287 e. The Bertz CT molecular complexity index is 680. The largest absolute Gasteiger partial charge is 0.451 e. The molecule has 0 bridgehead atoms. The first-order chi connectivity index (χ1) is 10.1. The molecule has 0 saturated carbocycles. The molecular weight excluding hydrogens is 332 g/mol. The fourth-order valence-electron chi connectivity index (χ4n) is 2.83. The van der Waals surface area contributed by atoms with Gasteiger partial charge in [0.05, 0.1) is 0 Å². The topological polar surface area (TPSA) is 54.3 Å². The zero-order chi connectivity index (χ0) is 15.0. The average Bonchev–Trinajstić information content (AvgIpc) is 2.79. The van der Waals surface area contributed by atoms with Crippen LogP contribution in [0.2, 0.25) is 0 Å². The van der Waals surface area contributed by atoms with Gasteiger partial charge in [0, 0.05) is 28.0 Å². The standard InChI is InChI=1S/C16H19BrN2O2/c1-9-5-6-18-8-13(9)19-16(20)15-10(2)12-7-11(17)3-4-14(12)21-15/h3-4,7,9,13,18H,5-6,8H2,1-2H3,(H,19,20). The molecule has 112 valence electrons. The molecule has 1 aliphatic rings. The number of carbonyl (C=O) groups is 1. The highest BCUT2D eigenvalue weighted by molar-refractivity contribution is 9.10. The molecule has 1 saturated heterocycles. The fraction of sp³-hybridized carbons (Fsp3) is 0.438. The molecule has 5 heteroatoms. The van der Waals surface area contributed by atoms with E-state index in [9.17, 15) is 4.79 Å². The highest BCUT2D eigenvalue weighted by atomic mass is 79.9. The molecule has 2 unspecified atom stereocenters. The van der Waals surface area contributed by atoms with Gasteiger partial charge in [-0.15, -0.1) is 0 Å². The van der Waals surface area contributed by atoms with Crippen LogP contribution < -0.4 is 10.6 Å². The summed E-state index contributed by atoms with van der Waals surface area (Å²) in [5.74, 6) is 0.773. The summed E-state index contributed by atoms with van der Waals surface area (Å²) in [6.07, 6.45) is 1.08. The van der Waals surface area contributed by atoms with Crippen molar-refractivity contribution in [2.45, 2.75) is 26.3 Å². The van der Waals surface area contributed by atoms with Crippen LogP contribution in [0.5, 0.6) is 0 Å². The Balaban J connectivity index is 1.86. The van der Waals surface area contributed by atoms with Crippen LogP contribution in [0.4, 0.5) is 0 Å². The summed E-state index contributed by atoms with van der Waals surface area (Å²) in [5, 5.41) is 7.39. The lowest BCUT2D eigenvalue weighted by atomic mass is 9.94. The van der Waals surface area contributed by atoms with E-state index in [2.05, 4.69) is 33.5 Å². The first-order valence-corrected chi connectivity index (χ1v) is 8.06. The molecule has 4 nitrogen and oxygen atoms in total. The number of piperidine rings is 1. The van der Waals surface area contributed by atoms with E-state index in [0.29, 0.717) is 11.7 Å². The molecule has 2 atom stereocenters. The molecule has 1 aromatic heterocycles. The molecule has 2 N–H and O–H groups in total. The van der Waals surface area contributed by atoms with Crippen molar-refractivity contribution in [1.82, 2.24) is 10.6 Å². The van der Waals surface area contributed by atoms with E-state index < -0.39 is 0 Å². The molecule has 2 aromatic rings. The van der Waals surface area contributed by atoms with Gasteiger partial charge in [0.2, 0.25) is 0 Å². The summed E-state index contributed by atoms with van der Waals surface area (Å²) in [6.45, 7) is 5.94. The van der Waals surface area contributed by atoms with Crippen molar-refractivity contribution in [2.75, 3.05) is 13.1 Å². The van der Waals surface area contributed by atoms with E-state index in [1.807, 2.05) is 25.1 Å². The summed E-state index contributed by atoms with van der Waals surface area (Å²) in [7, 11) is 0. The quantitative estimate of drug-likeness (QED) is 0.874. The number of benzene rings is 1. The third kappa shape index (κ3) is 2.85. The predicted octanol–water partition coefficient (Wildman–Crippen LogP) is 3.23. The van der Waals surface area contributed by atoms with E-state index in [1.165, 1.54) is 0 Å². The Morgan fingerprint density at radius 1 is 1.48 bits per heavy atom.